The zero-order chi connectivity index (χ0) is 24.2. The number of carbonyl (C=O) groups is 1. The molecule has 0 bridgehead atoms. The van der Waals surface area contributed by atoms with Crippen LogP contribution in [0.5, 0.6) is 5.75 Å². The Hall–Kier alpha value is -3.63. The zero-order valence-electron chi connectivity index (χ0n) is 17.7. The third-order valence-electron chi connectivity index (χ3n) is 4.65. The Morgan fingerprint density at radius 1 is 1.12 bits per heavy atom. The number of rotatable bonds is 8. The van der Waals surface area contributed by atoms with Gasteiger partial charge in [-0.05, 0) is 55.0 Å². The summed E-state index contributed by atoms with van der Waals surface area (Å²) < 4.78 is 32.9. The summed E-state index contributed by atoms with van der Waals surface area (Å²) in [5, 5.41) is 14.0. The first-order chi connectivity index (χ1) is 15.6. The van der Waals surface area contributed by atoms with Crippen LogP contribution in [0.1, 0.15) is 5.56 Å². The molecule has 3 rings (SSSR count). The van der Waals surface area contributed by atoms with Crippen molar-refractivity contribution in [2.75, 3.05) is 23.3 Å². The molecule has 0 fully saturated rings. The van der Waals surface area contributed by atoms with Gasteiger partial charge in [-0.25, -0.2) is 8.42 Å². The van der Waals surface area contributed by atoms with Crippen molar-refractivity contribution in [1.82, 2.24) is 0 Å². The van der Waals surface area contributed by atoms with E-state index in [1.165, 1.54) is 43.5 Å². The number of nitrogens with zero attached hydrogens (tertiary/aromatic N) is 2. The van der Waals surface area contributed by atoms with E-state index in [1.807, 2.05) is 0 Å². The van der Waals surface area contributed by atoms with Crippen LogP contribution in [0.15, 0.2) is 71.6 Å². The van der Waals surface area contributed by atoms with Gasteiger partial charge in [-0.1, -0.05) is 23.7 Å². The second-order valence-corrected chi connectivity index (χ2v) is 9.29. The van der Waals surface area contributed by atoms with Crippen LogP contribution in [0, 0.1) is 17.0 Å². The number of ether oxygens (including phenoxy) is 1. The summed E-state index contributed by atoms with van der Waals surface area (Å²) >= 11 is 5.88. The first kappa shape index (κ1) is 24.0. The Kier molecular flexibility index (Phi) is 7.19. The van der Waals surface area contributed by atoms with Crippen molar-refractivity contribution in [3.63, 3.8) is 0 Å². The monoisotopic (exact) mass is 489 g/mol. The second-order valence-electron chi connectivity index (χ2n) is 6.99. The summed E-state index contributed by atoms with van der Waals surface area (Å²) in [6.45, 7) is 1.21. The van der Waals surface area contributed by atoms with Gasteiger partial charge in [-0.3, -0.25) is 19.2 Å². The van der Waals surface area contributed by atoms with Crippen LogP contribution < -0.4 is 14.4 Å². The molecule has 3 aromatic carbocycles. The van der Waals surface area contributed by atoms with Crippen LogP contribution in [0.25, 0.3) is 0 Å². The van der Waals surface area contributed by atoms with Crippen LogP contribution in [0.4, 0.5) is 17.1 Å². The Morgan fingerprint density at radius 2 is 1.82 bits per heavy atom. The van der Waals surface area contributed by atoms with Crippen molar-refractivity contribution in [3.05, 3.63) is 87.4 Å². The molecule has 0 heterocycles. The van der Waals surface area contributed by atoms with Gasteiger partial charge in [0.15, 0.2) is 0 Å². The lowest BCUT2D eigenvalue weighted by atomic mass is 10.2. The standard InChI is InChI=1S/C22H20ClN3O6S/c1-15-4-3-5-17(12-15)25(33(30,31)19-9-6-16(23)7-10-19)14-22(27)24-20-13-18(26(28)29)8-11-21(20)32-2/h3-13H,14H2,1-2H3,(H,24,27). The molecule has 0 saturated carbocycles. The number of amides is 1. The molecule has 0 aliphatic rings. The van der Waals surface area contributed by atoms with Gasteiger partial charge in [-0.15, -0.1) is 0 Å². The molecule has 0 aliphatic carbocycles. The molecule has 9 nitrogen and oxygen atoms in total. The molecule has 172 valence electrons. The molecule has 1 amide bonds. The summed E-state index contributed by atoms with van der Waals surface area (Å²) in [6, 6.07) is 16.0. The summed E-state index contributed by atoms with van der Waals surface area (Å²) in [6.07, 6.45) is 0. The zero-order valence-corrected chi connectivity index (χ0v) is 19.3. The lowest BCUT2D eigenvalue weighted by Gasteiger charge is -2.24. The molecule has 1 N–H and O–H groups in total. The largest absolute Gasteiger partial charge is 0.495 e. The van der Waals surface area contributed by atoms with E-state index in [4.69, 9.17) is 16.3 Å². The molecule has 0 aromatic heterocycles. The van der Waals surface area contributed by atoms with E-state index in [1.54, 1.807) is 31.2 Å². The number of nitro groups is 1. The van der Waals surface area contributed by atoms with Gasteiger partial charge in [0, 0.05) is 17.2 Å². The fraction of sp³-hybridized carbons (Fsp3) is 0.136. The highest BCUT2D eigenvalue weighted by molar-refractivity contribution is 7.92. The molecule has 0 radical (unpaired) electrons. The maximum absolute atomic E-state index is 13.4. The smallest absolute Gasteiger partial charge is 0.271 e. The maximum atomic E-state index is 13.4. The van der Waals surface area contributed by atoms with Crippen molar-refractivity contribution < 1.29 is 22.9 Å². The highest BCUT2D eigenvalue weighted by Gasteiger charge is 2.28. The number of sulfonamides is 1. The van der Waals surface area contributed by atoms with Crippen LogP contribution in [0.3, 0.4) is 0 Å². The van der Waals surface area contributed by atoms with Gasteiger partial charge in [0.2, 0.25) is 5.91 Å². The minimum absolute atomic E-state index is 0.0461. The minimum Gasteiger partial charge on any atom is -0.495 e. The van der Waals surface area contributed by atoms with Crippen LogP contribution in [0.2, 0.25) is 5.02 Å². The first-order valence-electron chi connectivity index (χ1n) is 9.59. The number of carbonyl (C=O) groups excluding carboxylic acids is 1. The van der Waals surface area contributed by atoms with Crippen molar-refractivity contribution in [2.45, 2.75) is 11.8 Å². The van der Waals surface area contributed by atoms with Gasteiger partial charge in [-0.2, -0.15) is 0 Å². The van der Waals surface area contributed by atoms with E-state index < -0.39 is 27.4 Å². The van der Waals surface area contributed by atoms with Gasteiger partial charge in [0.25, 0.3) is 15.7 Å². The molecular formula is C22H20ClN3O6S. The Bertz CT molecular complexity index is 1300. The van der Waals surface area contributed by atoms with E-state index in [0.717, 1.165) is 15.9 Å². The average Bonchev–Trinajstić information content (AvgIpc) is 2.77. The third kappa shape index (κ3) is 5.60. The van der Waals surface area contributed by atoms with Crippen molar-refractivity contribution in [3.8, 4) is 5.75 Å². The molecule has 0 saturated heterocycles. The molecule has 0 atom stereocenters. The molecule has 0 spiro atoms. The fourth-order valence-corrected chi connectivity index (χ4v) is 4.60. The number of benzene rings is 3. The quantitative estimate of drug-likeness (QED) is 0.370. The summed E-state index contributed by atoms with van der Waals surface area (Å²) in [5.74, 6) is -0.524. The van der Waals surface area contributed by atoms with Crippen molar-refractivity contribution >= 4 is 44.6 Å². The Labute approximate surface area is 195 Å². The van der Waals surface area contributed by atoms with Gasteiger partial charge >= 0.3 is 0 Å². The number of hydrogen-bond acceptors (Lipinski definition) is 6. The predicted octanol–water partition coefficient (Wildman–Crippen LogP) is 4.40. The summed E-state index contributed by atoms with van der Waals surface area (Å²) in [5.41, 5.74) is 0.871. The lowest BCUT2D eigenvalue weighted by molar-refractivity contribution is -0.384. The molecular weight excluding hydrogens is 470 g/mol. The lowest BCUT2D eigenvalue weighted by Crippen LogP contribution is -2.38. The molecule has 0 aliphatic heterocycles. The number of aryl methyl sites for hydroxylation is 1. The van der Waals surface area contributed by atoms with Crippen LogP contribution in [-0.4, -0.2) is 32.9 Å². The van der Waals surface area contributed by atoms with E-state index in [9.17, 15) is 23.3 Å². The molecule has 33 heavy (non-hydrogen) atoms. The normalized spacial score (nSPS) is 11.0. The number of nitro benzene ring substituents is 1. The number of non-ortho nitro benzene ring substituents is 1. The van der Waals surface area contributed by atoms with E-state index in [-0.39, 0.29) is 27.7 Å². The highest BCUT2D eigenvalue weighted by Crippen LogP contribution is 2.30. The summed E-state index contributed by atoms with van der Waals surface area (Å²) in [4.78, 5) is 23.3. The second kappa shape index (κ2) is 9.88. The van der Waals surface area contributed by atoms with Gasteiger partial charge < -0.3 is 10.1 Å². The fourth-order valence-electron chi connectivity index (χ4n) is 3.06. The Balaban J connectivity index is 1.97. The number of hydrogen-bond donors (Lipinski definition) is 1. The molecule has 11 heteroatoms. The van der Waals surface area contributed by atoms with Crippen LogP contribution >= 0.6 is 11.6 Å². The van der Waals surface area contributed by atoms with E-state index >= 15 is 0 Å². The molecule has 3 aromatic rings. The summed E-state index contributed by atoms with van der Waals surface area (Å²) in [7, 11) is -2.79. The Morgan fingerprint density at radius 3 is 2.42 bits per heavy atom. The first-order valence-corrected chi connectivity index (χ1v) is 11.4. The van der Waals surface area contributed by atoms with Gasteiger partial charge in [0.05, 0.1) is 28.3 Å². The third-order valence-corrected chi connectivity index (χ3v) is 6.69. The number of anilines is 2. The minimum atomic E-state index is -4.14. The average molecular weight is 490 g/mol. The molecule has 0 unspecified atom stereocenters. The number of methoxy groups -OCH3 is 1. The van der Waals surface area contributed by atoms with Crippen LogP contribution in [-0.2, 0) is 14.8 Å². The predicted molar refractivity (Wildman–Crippen MR) is 125 cm³/mol. The van der Waals surface area contributed by atoms with Crippen molar-refractivity contribution in [1.29, 1.82) is 0 Å². The van der Waals surface area contributed by atoms with Crippen molar-refractivity contribution in [2.24, 2.45) is 0 Å². The topological polar surface area (TPSA) is 119 Å². The number of halogens is 1. The number of nitrogens with one attached hydrogen (secondary N) is 1. The van der Waals surface area contributed by atoms with Gasteiger partial charge in [0.1, 0.15) is 12.3 Å². The van der Waals surface area contributed by atoms with E-state index in [0.29, 0.717) is 5.02 Å². The SMILES string of the molecule is COc1ccc([N+](=O)[O-])cc1NC(=O)CN(c1cccc(C)c1)S(=O)(=O)c1ccc(Cl)cc1. The highest BCUT2D eigenvalue weighted by atomic mass is 35.5. The van der Waals surface area contributed by atoms with E-state index in [2.05, 4.69) is 5.32 Å². The maximum Gasteiger partial charge on any atom is 0.271 e.